The first-order chi connectivity index (χ1) is 10.2. The molecule has 21 heavy (non-hydrogen) atoms. The fourth-order valence-corrected chi connectivity index (χ4v) is 2.44. The molecule has 0 bridgehead atoms. The van der Waals surface area contributed by atoms with Gasteiger partial charge in [-0.15, -0.1) is 0 Å². The molecule has 0 spiro atoms. The number of carbonyl (C=O) groups excluding carboxylic acids is 1. The SMILES string of the molecule is Cc1cc(C(=O)NCCc2c[nH]c3ccccc23)ccn1. The van der Waals surface area contributed by atoms with Gasteiger partial charge in [-0.2, -0.15) is 0 Å². The van der Waals surface area contributed by atoms with Crippen LogP contribution in [0.4, 0.5) is 0 Å². The largest absolute Gasteiger partial charge is 0.361 e. The second-order valence-corrected chi connectivity index (χ2v) is 5.05. The van der Waals surface area contributed by atoms with E-state index in [1.54, 1.807) is 18.3 Å². The zero-order chi connectivity index (χ0) is 14.7. The summed E-state index contributed by atoms with van der Waals surface area (Å²) in [6.45, 7) is 2.49. The number of aromatic nitrogens is 2. The summed E-state index contributed by atoms with van der Waals surface area (Å²) < 4.78 is 0. The average molecular weight is 279 g/mol. The number of aromatic amines is 1. The van der Waals surface area contributed by atoms with Crippen LogP contribution in [0.15, 0.2) is 48.8 Å². The number of fused-ring (bicyclic) bond motifs is 1. The number of benzene rings is 1. The predicted molar refractivity (Wildman–Crippen MR) is 83.3 cm³/mol. The Hall–Kier alpha value is -2.62. The van der Waals surface area contributed by atoms with Crippen LogP contribution < -0.4 is 5.32 Å². The van der Waals surface area contributed by atoms with Gasteiger partial charge in [-0.3, -0.25) is 9.78 Å². The molecule has 0 aliphatic heterocycles. The van der Waals surface area contributed by atoms with Crippen molar-refractivity contribution in [3.8, 4) is 0 Å². The molecule has 106 valence electrons. The van der Waals surface area contributed by atoms with Gasteiger partial charge in [0.2, 0.25) is 0 Å². The third-order valence-electron chi connectivity index (χ3n) is 3.51. The number of amides is 1. The number of para-hydroxylation sites is 1. The minimum atomic E-state index is -0.0552. The van der Waals surface area contributed by atoms with Crippen molar-refractivity contribution in [2.45, 2.75) is 13.3 Å². The molecule has 1 amide bonds. The molecule has 0 saturated heterocycles. The van der Waals surface area contributed by atoms with Crippen LogP contribution in [0.5, 0.6) is 0 Å². The highest BCUT2D eigenvalue weighted by Crippen LogP contribution is 2.17. The number of aryl methyl sites for hydroxylation is 1. The van der Waals surface area contributed by atoms with Crippen molar-refractivity contribution in [3.63, 3.8) is 0 Å². The molecule has 2 heterocycles. The van der Waals surface area contributed by atoms with Gasteiger partial charge in [0, 0.05) is 41.1 Å². The molecule has 0 radical (unpaired) electrons. The Labute approximate surface area is 123 Å². The van der Waals surface area contributed by atoms with Crippen LogP contribution in [0.1, 0.15) is 21.6 Å². The van der Waals surface area contributed by atoms with Gasteiger partial charge < -0.3 is 10.3 Å². The molecule has 0 unspecified atom stereocenters. The van der Waals surface area contributed by atoms with E-state index in [0.717, 1.165) is 17.6 Å². The molecule has 2 aromatic heterocycles. The predicted octanol–water partition coefficient (Wildman–Crippen LogP) is 2.84. The van der Waals surface area contributed by atoms with Gasteiger partial charge >= 0.3 is 0 Å². The summed E-state index contributed by atoms with van der Waals surface area (Å²) in [5, 5.41) is 4.16. The van der Waals surface area contributed by atoms with Gasteiger partial charge in [0.25, 0.3) is 5.91 Å². The molecule has 3 rings (SSSR count). The van der Waals surface area contributed by atoms with Crippen LogP contribution in [0.2, 0.25) is 0 Å². The summed E-state index contributed by atoms with van der Waals surface area (Å²) in [5.74, 6) is -0.0552. The van der Waals surface area contributed by atoms with Crippen LogP contribution in [0.3, 0.4) is 0 Å². The van der Waals surface area contributed by atoms with E-state index in [4.69, 9.17) is 0 Å². The van der Waals surface area contributed by atoms with E-state index in [1.165, 1.54) is 10.9 Å². The first-order valence-electron chi connectivity index (χ1n) is 7.00. The average Bonchev–Trinajstić information content (AvgIpc) is 2.91. The number of hydrogen-bond acceptors (Lipinski definition) is 2. The second kappa shape index (κ2) is 5.79. The molecule has 0 fully saturated rings. The Bertz CT molecular complexity index is 776. The fourth-order valence-electron chi connectivity index (χ4n) is 2.44. The number of carbonyl (C=O) groups is 1. The van der Waals surface area contributed by atoms with Crippen molar-refractivity contribution in [2.24, 2.45) is 0 Å². The van der Waals surface area contributed by atoms with E-state index in [9.17, 15) is 4.79 Å². The maximum Gasteiger partial charge on any atom is 0.251 e. The van der Waals surface area contributed by atoms with Gasteiger partial charge in [0.1, 0.15) is 0 Å². The Morgan fingerprint density at radius 2 is 2.14 bits per heavy atom. The highest BCUT2D eigenvalue weighted by atomic mass is 16.1. The van der Waals surface area contributed by atoms with E-state index in [0.29, 0.717) is 12.1 Å². The molecule has 1 aromatic carbocycles. The lowest BCUT2D eigenvalue weighted by Crippen LogP contribution is -2.25. The highest BCUT2D eigenvalue weighted by Gasteiger charge is 2.06. The third kappa shape index (κ3) is 2.94. The summed E-state index contributed by atoms with van der Waals surface area (Å²) in [6.07, 6.45) is 4.47. The molecular weight excluding hydrogens is 262 g/mol. The normalized spacial score (nSPS) is 10.7. The Morgan fingerprint density at radius 1 is 1.29 bits per heavy atom. The summed E-state index contributed by atoms with van der Waals surface area (Å²) in [5.41, 5.74) is 3.85. The monoisotopic (exact) mass is 279 g/mol. The maximum atomic E-state index is 12.0. The Morgan fingerprint density at radius 3 is 3.00 bits per heavy atom. The lowest BCUT2D eigenvalue weighted by Gasteiger charge is -2.05. The van der Waals surface area contributed by atoms with E-state index < -0.39 is 0 Å². The van der Waals surface area contributed by atoms with Gasteiger partial charge in [0.15, 0.2) is 0 Å². The summed E-state index contributed by atoms with van der Waals surface area (Å²) in [4.78, 5) is 19.4. The maximum absolute atomic E-state index is 12.0. The zero-order valence-corrected chi connectivity index (χ0v) is 11.9. The first-order valence-corrected chi connectivity index (χ1v) is 7.00. The van der Waals surface area contributed by atoms with Crippen LogP contribution in [-0.4, -0.2) is 22.4 Å². The standard InChI is InChI=1S/C17H17N3O/c1-12-10-13(6-8-18-12)17(21)19-9-7-14-11-20-16-5-3-2-4-15(14)16/h2-6,8,10-11,20H,7,9H2,1H3,(H,19,21). The zero-order valence-electron chi connectivity index (χ0n) is 11.9. The second-order valence-electron chi connectivity index (χ2n) is 5.05. The highest BCUT2D eigenvalue weighted by molar-refractivity contribution is 5.94. The smallest absolute Gasteiger partial charge is 0.251 e. The third-order valence-corrected chi connectivity index (χ3v) is 3.51. The summed E-state index contributed by atoms with van der Waals surface area (Å²) in [6, 6.07) is 11.7. The Balaban J connectivity index is 1.62. The molecule has 0 saturated carbocycles. The molecule has 0 aliphatic carbocycles. The first kappa shape index (κ1) is 13.4. The molecule has 4 nitrogen and oxygen atoms in total. The lowest BCUT2D eigenvalue weighted by atomic mass is 10.1. The van der Waals surface area contributed by atoms with Crippen molar-refractivity contribution in [1.29, 1.82) is 0 Å². The van der Waals surface area contributed by atoms with E-state index in [2.05, 4.69) is 27.4 Å². The quantitative estimate of drug-likeness (QED) is 0.771. The molecule has 4 heteroatoms. The fraction of sp³-hybridized carbons (Fsp3) is 0.176. The molecular formula is C17H17N3O. The number of nitrogens with zero attached hydrogens (tertiary/aromatic N) is 1. The summed E-state index contributed by atoms with van der Waals surface area (Å²) in [7, 11) is 0. The number of nitrogens with one attached hydrogen (secondary N) is 2. The van der Waals surface area contributed by atoms with E-state index in [-0.39, 0.29) is 5.91 Å². The molecule has 0 aliphatic rings. The summed E-state index contributed by atoms with van der Waals surface area (Å²) >= 11 is 0. The van der Waals surface area contributed by atoms with Gasteiger partial charge in [-0.1, -0.05) is 18.2 Å². The Kier molecular flexibility index (Phi) is 3.69. The van der Waals surface area contributed by atoms with E-state index in [1.807, 2.05) is 25.3 Å². The van der Waals surface area contributed by atoms with Gasteiger partial charge in [0.05, 0.1) is 0 Å². The lowest BCUT2D eigenvalue weighted by molar-refractivity contribution is 0.0954. The van der Waals surface area contributed by atoms with Crippen molar-refractivity contribution in [2.75, 3.05) is 6.54 Å². The minimum Gasteiger partial charge on any atom is -0.361 e. The molecule has 2 N–H and O–H groups in total. The molecule has 3 aromatic rings. The van der Waals surface area contributed by atoms with Crippen molar-refractivity contribution in [3.05, 3.63) is 65.6 Å². The van der Waals surface area contributed by atoms with Gasteiger partial charge in [-0.05, 0) is 37.1 Å². The number of hydrogen-bond donors (Lipinski definition) is 2. The van der Waals surface area contributed by atoms with Crippen molar-refractivity contribution in [1.82, 2.24) is 15.3 Å². The van der Waals surface area contributed by atoms with Crippen LogP contribution >= 0.6 is 0 Å². The van der Waals surface area contributed by atoms with Crippen molar-refractivity contribution < 1.29 is 4.79 Å². The topological polar surface area (TPSA) is 57.8 Å². The van der Waals surface area contributed by atoms with Crippen LogP contribution in [-0.2, 0) is 6.42 Å². The molecule has 0 atom stereocenters. The van der Waals surface area contributed by atoms with Crippen LogP contribution in [0, 0.1) is 6.92 Å². The number of H-pyrrole nitrogens is 1. The number of rotatable bonds is 4. The van der Waals surface area contributed by atoms with Gasteiger partial charge in [-0.25, -0.2) is 0 Å². The van der Waals surface area contributed by atoms with Crippen molar-refractivity contribution >= 4 is 16.8 Å². The van der Waals surface area contributed by atoms with E-state index >= 15 is 0 Å². The minimum absolute atomic E-state index is 0.0552. The number of pyridine rings is 1. The van der Waals surface area contributed by atoms with Crippen LogP contribution in [0.25, 0.3) is 10.9 Å².